The fraction of sp³-hybridized carbons (Fsp3) is 0.333. The van der Waals surface area contributed by atoms with Gasteiger partial charge in [0.1, 0.15) is 0 Å². The molecule has 3 rings (SSSR count). The molecule has 1 aliphatic rings. The van der Waals surface area contributed by atoms with Crippen LogP contribution in [0.5, 0.6) is 0 Å². The molecular weight excluding hydrogens is 244 g/mol. The number of nitrogens with one attached hydrogen (secondary N) is 1. The Bertz CT molecular complexity index is 484. The summed E-state index contributed by atoms with van der Waals surface area (Å²) in [5.74, 6) is 0. The summed E-state index contributed by atoms with van der Waals surface area (Å²) in [4.78, 5) is 2.59. The van der Waals surface area contributed by atoms with E-state index in [1.54, 1.807) is 0 Å². The molecule has 0 aliphatic carbocycles. The quantitative estimate of drug-likeness (QED) is 0.918. The zero-order valence-electron chi connectivity index (χ0n) is 12.0. The molecule has 104 valence electrons. The van der Waals surface area contributed by atoms with E-state index in [1.165, 1.54) is 11.1 Å². The van der Waals surface area contributed by atoms with Crippen LogP contribution in [0.3, 0.4) is 0 Å². The SMILES string of the molecule is CC1CN(C(c2ccccc2)c2ccccc2)CCN1. The molecule has 1 atom stereocenters. The third kappa shape index (κ3) is 2.92. The lowest BCUT2D eigenvalue weighted by Gasteiger charge is -2.38. The van der Waals surface area contributed by atoms with E-state index in [0.717, 1.165) is 19.6 Å². The minimum Gasteiger partial charge on any atom is -0.312 e. The summed E-state index contributed by atoms with van der Waals surface area (Å²) < 4.78 is 0. The molecule has 2 aromatic rings. The third-order valence-corrected chi connectivity index (χ3v) is 4.00. The number of benzene rings is 2. The van der Waals surface area contributed by atoms with Gasteiger partial charge in [0.2, 0.25) is 0 Å². The maximum absolute atomic E-state index is 3.53. The van der Waals surface area contributed by atoms with Gasteiger partial charge in [-0.15, -0.1) is 0 Å². The van der Waals surface area contributed by atoms with Gasteiger partial charge >= 0.3 is 0 Å². The Hall–Kier alpha value is -1.64. The molecule has 0 saturated carbocycles. The Morgan fingerprint density at radius 1 is 0.950 bits per heavy atom. The van der Waals surface area contributed by atoms with Crippen molar-refractivity contribution in [1.82, 2.24) is 10.2 Å². The first kappa shape index (κ1) is 13.3. The zero-order valence-corrected chi connectivity index (χ0v) is 12.0. The normalized spacial score (nSPS) is 20.2. The molecule has 1 N–H and O–H groups in total. The average molecular weight is 266 g/mol. The Balaban J connectivity index is 1.95. The second-order valence-corrected chi connectivity index (χ2v) is 5.57. The lowest BCUT2D eigenvalue weighted by Crippen LogP contribution is -2.50. The average Bonchev–Trinajstić information content (AvgIpc) is 2.50. The van der Waals surface area contributed by atoms with Crippen molar-refractivity contribution in [2.75, 3.05) is 19.6 Å². The lowest BCUT2D eigenvalue weighted by atomic mass is 9.96. The van der Waals surface area contributed by atoms with Crippen molar-refractivity contribution in [1.29, 1.82) is 0 Å². The van der Waals surface area contributed by atoms with E-state index in [2.05, 4.69) is 77.8 Å². The molecule has 1 aliphatic heterocycles. The number of piperazine rings is 1. The molecule has 0 aromatic heterocycles. The van der Waals surface area contributed by atoms with E-state index in [-0.39, 0.29) is 0 Å². The van der Waals surface area contributed by atoms with Crippen molar-refractivity contribution < 1.29 is 0 Å². The Labute approximate surface area is 121 Å². The highest BCUT2D eigenvalue weighted by atomic mass is 15.2. The molecule has 0 radical (unpaired) electrons. The van der Waals surface area contributed by atoms with Crippen molar-refractivity contribution in [3.05, 3.63) is 71.8 Å². The Morgan fingerprint density at radius 2 is 1.50 bits per heavy atom. The highest BCUT2D eigenvalue weighted by Gasteiger charge is 2.25. The van der Waals surface area contributed by atoms with Crippen LogP contribution in [0.1, 0.15) is 24.1 Å². The van der Waals surface area contributed by atoms with Crippen molar-refractivity contribution >= 4 is 0 Å². The minimum atomic E-state index is 0.363. The van der Waals surface area contributed by atoms with Crippen LogP contribution >= 0.6 is 0 Å². The molecule has 1 heterocycles. The summed E-state index contributed by atoms with van der Waals surface area (Å²) >= 11 is 0. The summed E-state index contributed by atoms with van der Waals surface area (Å²) in [5.41, 5.74) is 2.76. The molecule has 2 aromatic carbocycles. The first-order valence-electron chi connectivity index (χ1n) is 7.42. The number of hydrogen-bond donors (Lipinski definition) is 1. The van der Waals surface area contributed by atoms with E-state index in [0.29, 0.717) is 12.1 Å². The van der Waals surface area contributed by atoms with Gasteiger partial charge < -0.3 is 5.32 Å². The van der Waals surface area contributed by atoms with Gasteiger partial charge in [0.15, 0.2) is 0 Å². The van der Waals surface area contributed by atoms with Crippen LogP contribution in [0.2, 0.25) is 0 Å². The summed E-state index contributed by atoms with van der Waals surface area (Å²) in [5, 5.41) is 3.53. The van der Waals surface area contributed by atoms with Gasteiger partial charge in [-0.05, 0) is 18.1 Å². The molecule has 1 unspecified atom stereocenters. The molecule has 0 bridgehead atoms. The van der Waals surface area contributed by atoms with Gasteiger partial charge in [-0.25, -0.2) is 0 Å². The fourth-order valence-electron chi connectivity index (χ4n) is 3.08. The van der Waals surface area contributed by atoms with Crippen LogP contribution in [0.25, 0.3) is 0 Å². The van der Waals surface area contributed by atoms with Crippen LogP contribution in [0.15, 0.2) is 60.7 Å². The third-order valence-electron chi connectivity index (χ3n) is 4.00. The summed E-state index contributed by atoms with van der Waals surface area (Å²) in [6.45, 7) is 5.52. The molecule has 0 amide bonds. The highest BCUT2D eigenvalue weighted by molar-refractivity contribution is 5.32. The van der Waals surface area contributed by atoms with E-state index in [4.69, 9.17) is 0 Å². The van der Waals surface area contributed by atoms with Crippen molar-refractivity contribution in [2.45, 2.75) is 19.0 Å². The fourth-order valence-corrected chi connectivity index (χ4v) is 3.08. The maximum Gasteiger partial charge on any atom is 0.0602 e. The minimum absolute atomic E-state index is 0.363. The first-order chi connectivity index (χ1) is 9.84. The molecular formula is C18H22N2. The van der Waals surface area contributed by atoms with Crippen LogP contribution in [0, 0.1) is 0 Å². The van der Waals surface area contributed by atoms with Gasteiger partial charge in [0.25, 0.3) is 0 Å². The monoisotopic (exact) mass is 266 g/mol. The van der Waals surface area contributed by atoms with Gasteiger partial charge in [0.05, 0.1) is 6.04 Å². The zero-order chi connectivity index (χ0) is 13.8. The second kappa shape index (κ2) is 6.21. The first-order valence-corrected chi connectivity index (χ1v) is 7.42. The van der Waals surface area contributed by atoms with E-state index in [1.807, 2.05) is 0 Å². The second-order valence-electron chi connectivity index (χ2n) is 5.57. The molecule has 20 heavy (non-hydrogen) atoms. The predicted octanol–water partition coefficient (Wildman–Crippen LogP) is 3.07. The van der Waals surface area contributed by atoms with Crippen molar-refractivity contribution in [3.8, 4) is 0 Å². The van der Waals surface area contributed by atoms with Gasteiger partial charge in [-0.2, -0.15) is 0 Å². The number of nitrogens with zero attached hydrogens (tertiary/aromatic N) is 1. The largest absolute Gasteiger partial charge is 0.312 e. The van der Waals surface area contributed by atoms with Crippen molar-refractivity contribution in [2.24, 2.45) is 0 Å². The van der Waals surface area contributed by atoms with E-state index >= 15 is 0 Å². The van der Waals surface area contributed by atoms with Crippen LogP contribution < -0.4 is 5.32 Å². The highest BCUT2D eigenvalue weighted by Crippen LogP contribution is 2.29. The topological polar surface area (TPSA) is 15.3 Å². The smallest absolute Gasteiger partial charge is 0.0602 e. The van der Waals surface area contributed by atoms with Gasteiger partial charge in [-0.3, -0.25) is 4.90 Å². The Kier molecular flexibility index (Phi) is 4.14. The van der Waals surface area contributed by atoms with Gasteiger partial charge in [-0.1, -0.05) is 60.7 Å². The Morgan fingerprint density at radius 3 is 2.00 bits per heavy atom. The molecule has 1 saturated heterocycles. The summed E-state index contributed by atoms with van der Waals surface area (Å²) in [6.07, 6.45) is 0. The van der Waals surface area contributed by atoms with Crippen LogP contribution in [-0.4, -0.2) is 30.6 Å². The molecule has 0 spiro atoms. The predicted molar refractivity (Wildman–Crippen MR) is 83.8 cm³/mol. The number of rotatable bonds is 3. The molecule has 2 heteroatoms. The number of hydrogen-bond acceptors (Lipinski definition) is 2. The summed E-state index contributed by atoms with van der Waals surface area (Å²) in [6, 6.07) is 22.6. The summed E-state index contributed by atoms with van der Waals surface area (Å²) in [7, 11) is 0. The van der Waals surface area contributed by atoms with Crippen LogP contribution in [0.4, 0.5) is 0 Å². The standard InChI is InChI=1S/C18H22N2/c1-15-14-20(13-12-19-15)18(16-8-4-2-5-9-16)17-10-6-3-7-11-17/h2-11,15,18-19H,12-14H2,1H3. The van der Waals surface area contributed by atoms with E-state index in [9.17, 15) is 0 Å². The van der Waals surface area contributed by atoms with E-state index < -0.39 is 0 Å². The molecule has 2 nitrogen and oxygen atoms in total. The molecule has 1 fully saturated rings. The lowest BCUT2D eigenvalue weighted by molar-refractivity contribution is 0.170. The van der Waals surface area contributed by atoms with Crippen molar-refractivity contribution in [3.63, 3.8) is 0 Å². The van der Waals surface area contributed by atoms with Crippen LogP contribution in [-0.2, 0) is 0 Å². The van der Waals surface area contributed by atoms with Gasteiger partial charge in [0, 0.05) is 25.7 Å². The maximum atomic E-state index is 3.53.